The van der Waals surface area contributed by atoms with Crippen molar-refractivity contribution in [3.8, 4) is 0 Å². The number of benzene rings is 2. The summed E-state index contributed by atoms with van der Waals surface area (Å²) in [5.41, 5.74) is 8.65. The Hall–Kier alpha value is -2.04. The van der Waals surface area contributed by atoms with Gasteiger partial charge in [0.25, 0.3) is 0 Å². The number of ether oxygens (including phenoxy) is 1. The Kier molecular flexibility index (Phi) is 5.61. The van der Waals surface area contributed by atoms with E-state index in [1.807, 2.05) is 60.4 Å². The van der Waals surface area contributed by atoms with Crippen molar-refractivity contribution in [3.05, 3.63) is 64.7 Å². The van der Waals surface area contributed by atoms with Gasteiger partial charge in [-0.15, -0.1) is 0 Å². The standard InChI is InChI=1S/C20H23ClN2O2/c1-14-13-25-19(16-7-3-4-8-17(16)21)12-23(14)20(24)11-10-15-6-2-5-9-18(15)22/h2-9,14,19H,10-13,22H2,1H3. The summed E-state index contributed by atoms with van der Waals surface area (Å²) in [7, 11) is 0. The van der Waals surface area contributed by atoms with Gasteiger partial charge in [-0.1, -0.05) is 48.0 Å². The van der Waals surface area contributed by atoms with Crippen LogP contribution in [0.1, 0.15) is 30.6 Å². The fourth-order valence-corrected chi connectivity index (χ4v) is 3.43. The minimum atomic E-state index is -0.185. The van der Waals surface area contributed by atoms with E-state index >= 15 is 0 Å². The van der Waals surface area contributed by atoms with Crippen LogP contribution in [0.5, 0.6) is 0 Å². The van der Waals surface area contributed by atoms with Gasteiger partial charge in [-0.2, -0.15) is 0 Å². The van der Waals surface area contributed by atoms with Gasteiger partial charge in [0, 0.05) is 22.7 Å². The molecule has 0 saturated carbocycles. The molecule has 2 aromatic carbocycles. The normalized spacial score (nSPS) is 20.5. The van der Waals surface area contributed by atoms with Crippen LogP contribution in [0.15, 0.2) is 48.5 Å². The first-order valence-corrected chi connectivity index (χ1v) is 8.93. The summed E-state index contributed by atoms with van der Waals surface area (Å²) >= 11 is 6.28. The number of hydrogen-bond donors (Lipinski definition) is 1. The number of amides is 1. The molecule has 132 valence electrons. The lowest BCUT2D eigenvalue weighted by Crippen LogP contribution is -2.48. The molecule has 1 fully saturated rings. The summed E-state index contributed by atoms with van der Waals surface area (Å²) in [6.07, 6.45) is 0.899. The van der Waals surface area contributed by atoms with Crippen molar-refractivity contribution < 1.29 is 9.53 Å². The Balaban J connectivity index is 1.66. The number of carbonyl (C=O) groups is 1. The van der Waals surface area contributed by atoms with E-state index in [4.69, 9.17) is 22.1 Å². The molecular formula is C20H23ClN2O2. The van der Waals surface area contributed by atoms with E-state index in [1.54, 1.807) is 0 Å². The third-order valence-corrected chi connectivity index (χ3v) is 5.01. The van der Waals surface area contributed by atoms with E-state index in [-0.39, 0.29) is 18.1 Å². The molecule has 1 amide bonds. The lowest BCUT2D eigenvalue weighted by molar-refractivity contribution is -0.144. The minimum Gasteiger partial charge on any atom is -0.399 e. The van der Waals surface area contributed by atoms with Gasteiger partial charge in [0.1, 0.15) is 6.10 Å². The summed E-state index contributed by atoms with van der Waals surface area (Å²) in [5.74, 6) is 0.121. The number of nitrogens with zero attached hydrogens (tertiary/aromatic N) is 1. The smallest absolute Gasteiger partial charge is 0.223 e. The van der Waals surface area contributed by atoms with Gasteiger partial charge in [-0.25, -0.2) is 0 Å². The number of para-hydroxylation sites is 1. The molecule has 3 rings (SSSR count). The Labute approximate surface area is 153 Å². The Bertz CT molecular complexity index is 750. The number of nitrogen functional groups attached to an aromatic ring is 1. The molecule has 2 atom stereocenters. The van der Waals surface area contributed by atoms with Crippen LogP contribution in [0.25, 0.3) is 0 Å². The van der Waals surface area contributed by atoms with E-state index in [0.717, 1.165) is 16.8 Å². The number of rotatable bonds is 4. The van der Waals surface area contributed by atoms with Crippen LogP contribution >= 0.6 is 11.6 Å². The lowest BCUT2D eigenvalue weighted by atomic mass is 10.0. The molecule has 4 nitrogen and oxygen atoms in total. The quantitative estimate of drug-likeness (QED) is 0.845. The monoisotopic (exact) mass is 358 g/mol. The van der Waals surface area contributed by atoms with Crippen molar-refractivity contribution >= 4 is 23.2 Å². The molecular weight excluding hydrogens is 336 g/mol. The summed E-state index contributed by atoms with van der Waals surface area (Å²) in [4.78, 5) is 14.7. The number of hydrogen-bond acceptors (Lipinski definition) is 3. The molecule has 0 spiro atoms. The number of halogens is 1. The van der Waals surface area contributed by atoms with Crippen molar-refractivity contribution in [2.24, 2.45) is 0 Å². The number of morpholine rings is 1. The zero-order valence-corrected chi connectivity index (χ0v) is 15.1. The second-order valence-electron chi connectivity index (χ2n) is 6.44. The zero-order chi connectivity index (χ0) is 17.8. The lowest BCUT2D eigenvalue weighted by Gasteiger charge is -2.38. The van der Waals surface area contributed by atoms with Gasteiger partial charge in [0.15, 0.2) is 0 Å². The molecule has 0 aromatic heterocycles. The van der Waals surface area contributed by atoms with Crippen LogP contribution in [-0.4, -0.2) is 30.0 Å². The first-order valence-electron chi connectivity index (χ1n) is 8.55. The highest BCUT2D eigenvalue weighted by Crippen LogP contribution is 2.30. The third-order valence-electron chi connectivity index (χ3n) is 4.67. The average Bonchev–Trinajstić information content (AvgIpc) is 2.62. The van der Waals surface area contributed by atoms with E-state index < -0.39 is 0 Å². The first kappa shape index (κ1) is 17.8. The van der Waals surface area contributed by atoms with Crippen LogP contribution in [0.4, 0.5) is 5.69 Å². The van der Waals surface area contributed by atoms with Crippen LogP contribution in [-0.2, 0) is 16.0 Å². The molecule has 2 N–H and O–H groups in total. The number of carbonyl (C=O) groups excluding carboxylic acids is 1. The van der Waals surface area contributed by atoms with Crippen molar-refractivity contribution in [1.29, 1.82) is 0 Å². The van der Waals surface area contributed by atoms with Crippen molar-refractivity contribution in [3.63, 3.8) is 0 Å². The largest absolute Gasteiger partial charge is 0.399 e. The van der Waals surface area contributed by atoms with Gasteiger partial charge >= 0.3 is 0 Å². The fourth-order valence-electron chi connectivity index (χ4n) is 3.18. The SMILES string of the molecule is CC1COC(c2ccccc2Cl)CN1C(=O)CCc1ccccc1N. The first-order chi connectivity index (χ1) is 12.1. The van der Waals surface area contributed by atoms with Crippen LogP contribution in [0.2, 0.25) is 5.02 Å². The maximum atomic E-state index is 12.8. The topological polar surface area (TPSA) is 55.6 Å². The summed E-state index contributed by atoms with van der Waals surface area (Å²) in [5, 5.41) is 0.673. The molecule has 1 aliphatic heterocycles. The number of anilines is 1. The molecule has 2 unspecified atom stereocenters. The van der Waals surface area contributed by atoms with Crippen molar-refractivity contribution in [2.75, 3.05) is 18.9 Å². The van der Waals surface area contributed by atoms with E-state index in [2.05, 4.69) is 0 Å². The summed E-state index contributed by atoms with van der Waals surface area (Å²) in [6, 6.07) is 15.4. The van der Waals surface area contributed by atoms with Gasteiger partial charge in [0.05, 0.1) is 19.2 Å². The molecule has 0 aliphatic carbocycles. The molecule has 1 saturated heterocycles. The maximum Gasteiger partial charge on any atom is 0.223 e. The molecule has 25 heavy (non-hydrogen) atoms. The van der Waals surface area contributed by atoms with Gasteiger partial charge in [-0.3, -0.25) is 4.79 Å². The molecule has 1 heterocycles. The van der Waals surface area contributed by atoms with Crippen molar-refractivity contribution in [1.82, 2.24) is 4.90 Å². The predicted molar refractivity (Wildman–Crippen MR) is 100 cm³/mol. The van der Waals surface area contributed by atoms with E-state index in [1.165, 1.54) is 0 Å². The van der Waals surface area contributed by atoms with Crippen molar-refractivity contribution in [2.45, 2.75) is 31.9 Å². The minimum absolute atomic E-state index is 0.0550. The zero-order valence-electron chi connectivity index (χ0n) is 14.3. The van der Waals surface area contributed by atoms with Crippen LogP contribution in [0, 0.1) is 0 Å². The highest BCUT2D eigenvalue weighted by molar-refractivity contribution is 6.31. The summed E-state index contributed by atoms with van der Waals surface area (Å²) < 4.78 is 5.92. The molecule has 2 aromatic rings. The highest BCUT2D eigenvalue weighted by Gasteiger charge is 2.31. The fraction of sp³-hybridized carbons (Fsp3) is 0.350. The molecule has 0 bridgehead atoms. The Morgan fingerprint density at radius 1 is 1.24 bits per heavy atom. The summed E-state index contributed by atoms with van der Waals surface area (Å²) in [6.45, 7) is 3.04. The Morgan fingerprint density at radius 3 is 2.72 bits per heavy atom. The Morgan fingerprint density at radius 2 is 1.96 bits per heavy atom. The van der Waals surface area contributed by atoms with Gasteiger partial charge < -0.3 is 15.4 Å². The van der Waals surface area contributed by atoms with Gasteiger partial charge in [-0.05, 0) is 31.0 Å². The van der Waals surface area contributed by atoms with Crippen LogP contribution < -0.4 is 5.73 Å². The third kappa shape index (κ3) is 4.14. The van der Waals surface area contributed by atoms with E-state index in [0.29, 0.717) is 31.0 Å². The molecule has 0 radical (unpaired) electrons. The second kappa shape index (κ2) is 7.89. The van der Waals surface area contributed by atoms with Gasteiger partial charge in [0.2, 0.25) is 5.91 Å². The maximum absolute atomic E-state index is 12.8. The van der Waals surface area contributed by atoms with E-state index in [9.17, 15) is 4.79 Å². The number of nitrogens with two attached hydrogens (primary N) is 1. The highest BCUT2D eigenvalue weighted by atomic mass is 35.5. The number of aryl methyl sites for hydroxylation is 1. The molecule has 5 heteroatoms. The predicted octanol–water partition coefficient (Wildman–Crippen LogP) is 3.84. The van der Waals surface area contributed by atoms with Crippen LogP contribution in [0.3, 0.4) is 0 Å². The molecule has 1 aliphatic rings. The average molecular weight is 359 g/mol. The second-order valence-corrected chi connectivity index (χ2v) is 6.84.